The normalized spacial score (nSPS) is 13.6. The van der Waals surface area contributed by atoms with Crippen molar-refractivity contribution < 1.29 is 26.4 Å². The van der Waals surface area contributed by atoms with Crippen molar-refractivity contribution in [3.63, 3.8) is 0 Å². The number of halogens is 4. The van der Waals surface area contributed by atoms with Gasteiger partial charge >= 0.3 is 0 Å². The molecule has 4 rings (SSSR count). The van der Waals surface area contributed by atoms with E-state index in [0.717, 1.165) is 22.5 Å². The van der Waals surface area contributed by atoms with Gasteiger partial charge in [0, 0.05) is 18.3 Å². The molecule has 0 aliphatic carbocycles. The first-order valence-electron chi connectivity index (χ1n) is 9.54. The second-order valence-electron chi connectivity index (χ2n) is 7.15. The summed E-state index contributed by atoms with van der Waals surface area (Å²) in [6, 6.07) is 10.7. The molecule has 32 heavy (non-hydrogen) atoms. The highest BCUT2D eigenvalue weighted by Gasteiger charge is 2.32. The first-order valence-corrected chi connectivity index (χ1v) is 11.4. The van der Waals surface area contributed by atoms with E-state index in [-0.39, 0.29) is 28.5 Å². The van der Waals surface area contributed by atoms with E-state index in [1.54, 1.807) is 12.1 Å². The summed E-state index contributed by atoms with van der Waals surface area (Å²) < 4.78 is 68.9. The Kier molecular flexibility index (Phi) is 5.87. The molecule has 0 radical (unpaired) electrons. The van der Waals surface area contributed by atoms with Crippen LogP contribution in [0, 0.1) is 17.5 Å². The Bertz CT molecular complexity index is 1310. The molecule has 166 valence electrons. The topological polar surface area (TPSA) is 66.5 Å². The van der Waals surface area contributed by atoms with Crippen LogP contribution in [0.25, 0.3) is 0 Å². The van der Waals surface area contributed by atoms with E-state index < -0.39 is 38.3 Å². The van der Waals surface area contributed by atoms with E-state index >= 15 is 0 Å². The second kappa shape index (κ2) is 8.48. The number of anilines is 2. The lowest BCUT2D eigenvalue weighted by Crippen LogP contribution is -2.36. The highest BCUT2D eigenvalue weighted by atomic mass is 35.5. The zero-order valence-electron chi connectivity index (χ0n) is 16.4. The predicted octanol–water partition coefficient (Wildman–Crippen LogP) is 5.15. The molecule has 1 aliphatic rings. The smallest absolute Gasteiger partial charge is 0.267 e. The fourth-order valence-electron chi connectivity index (χ4n) is 3.58. The molecule has 3 aromatic carbocycles. The molecule has 1 N–H and O–H groups in total. The van der Waals surface area contributed by atoms with Gasteiger partial charge in [0.25, 0.3) is 15.9 Å². The summed E-state index contributed by atoms with van der Waals surface area (Å²) in [5.41, 5.74) is 0.779. The van der Waals surface area contributed by atoms with E-state index in [2.05, 4.69) is 5.32 Å². The molecule has 1 aliphatic heterocycles. The Morgan fingerprint density at radius 1 is 1.00 bits per heavy atom. The summed E-state index contributed by atoms with van der Waals surface area (Å²) in [5, 5.41) is 2.44. The summed E-state index contributed by atoms with van der Waals surface area (Å²) in [5.74, 6) is -3.69. The fraction of sp³-hybridized carbons (Fsp3) is 0.136. The molecule has 5 nitrogen and oxygen atoms in total. The standard InChI is InChI=1S/C22H16ClF3N2O3S/c23-16-4-1-5-17(25)21(16)22(29)27-15-8-6-13-3-2-10-28(19(13)12-15)32(30,31)20-9-7-14(24)11-18(20)26/h1,4-9,11-12H,2-3,10H2,(H,27,29). The maximum atomic E-state index is 14.2. The van der Waals surface area contributed by atoms with Crippen molar-refractivity contribution in [2.24, 2.45) is 0 Å². The van der Waals surface area contributed by atoms with Crippen LogP contribution in [0.2, 0.25) is 5.02 Å². The maximum absolute atomic E-state index is 14.2. The Hall–Kier alpha value is -3.04. The molecule has 0 fully saturated rings. The number of benzene rings is 3. The molecule has 3 aromatic rings. The number of carbonyl (C=O) groups is 1. The molecular formula is C22H16ClF3N2O3S. The molecule has 0 saturated heterocycles. The van der Waals surface area contributed by atoms with Gasteiger partial charge in [0.15, 0.2) is 0 Å². The van der Waals surface area contributed by atoms with Crippen LogP contribution >= 0.6 is 11.6 Å². The van der Waals surface area contributed by atoms with Crippen molar-refractivity contribution in [2.75, 3.05) is 16.2 Å². The van der Waals surface area contributed by atoms with Crippen molar-refractivity contribution in [3.05, 3.63) is 88.2 Å². The Labute approximate surface area is 187 Å². The molecule has 1 amide bonds. The quantitative estimate of drug-likeness (QED) is 0.561. The van der Waals surface area contributed by atoms with Gasteiger partial charge in [-0.25, -0.2) is 21.6 Å². The molecule has 0 saturated carbocycles. The number of nitrogens with zero attached hydrogens (tertiary/aromatic N) is 1. The SMILES string of the molecule is O=C(Nc1ccc2c(c1)N(S(=O)(=O)c1ccc(F)cc1F)CCC2)c1c(F)cccc1Cl. The summed E-state index contributed by atoms with van der Waals surface area (Å²) >= 11 is 5.93. The lowest BCUT2D eigenvalue weighted by Gasteiger charge is -2.31. The third-order valence-electron chi connectivity index (χ3n) is 5.07. The number of carbonyl (C=O) groups excluding carboxylic acids is 1. The van der Waals surface area contributed by atoms with E-state index in [4.69, 9.17) is 11.6 Å². The van der Waals surface area contributed by atoms with Gasteiger partial charge in [-0.15, -0.1) is 0 Å². The number of aryl methyl sites for hydroxylation is 1. The van der Waals surface area contributed by atoms with Gasteiger partial charge in [-0.3, -0.25) is 9.10 Å². The third-order valence-corrected chi connectivity index (χ3v) is 7.23. The minimum Gasteiger partial charge on any atom is -0.322 e. The number of fused-ring (bicyclic) bond motifs is 1. The maximum Gasteiger partial charge on any atom is 0.267 e. The van der Waals surface area contributed by atoms with E-state index in [9.17, 15) is 26.4 Å². The van der Waals surface area contributed by atoms with Crippen LogP contribution in [0.5, 0.6) is 0 Å². The van der Waals surface area contributed by atoms with Gasteiger partial charge in [0.2, 0.25) is 0 Å². The lowest BCUT2D eigenvalue weighted by molar-refractivity contribution is 0.102. The van der Waals surface area contributed by atoms with Crippen molar-refractivity contribution in [2.45, 2.75) is 17.7 Å². The van der Waals surface area contributed by atoms with Gasteiger partial charge in [0.1, 0.15) is 22.3 Å². The van der Waals surface area contributed by atoms with Crippen molar-refractivity contribution >= 4 is 38.9 Å². The monoisotopic (exact) mass is 480 g/mol. The highest BCUT2D eigenvalue weighted by Crippen LogP contribution is 2.35. The van der Waals surface area contributed by atoms with E-state index in [1.807, 2.05) is 0 Å². The average molecular weight is 481 g/mol. The Morgan fingerprint density at radius 3 is 2.50 bits per heavy atom. The third kappa shape index (κ3) is 4.05. The Balaban J connectivity index is 1.70. The zero-order valence-corrected chi connectivity index (χ0v) is 18.0. The molecule has 0 spiro atoms. The number of sulfonamides is 1. The number of amides is 1. The van der Waals surface area contributed by atoms with Crippen LogP contribution < -0.4 is 9.62 Å². The highest BCUT2D eigenvalue weighted by molar-refractivity contribution is 7.92. The predicted molar refractivity (Wildman–Crippen MR) is 115 cm³/mol. The number of hydrogen-bond donors (Lipinski definition) is 1. The van der Waals surface area contributed by atoms with Gasteiger partial charge in [-0.2, -0.15) is 0 Å². The fourth-order valence-corrected chi connectivity index (χ4v) is 5.41. The summed E-state index contributed by atoms with van der Waals surface area (Å²) in [6.45, 7) is 0.0721. The summed E-state index contributed by atoms with van der Waals surface area (Å²) in [7, 11) is -4.34. The Morgan fingerprint density at radius 2 is 1.78 bits per heavy atom. The number of nitrogens with one attached hydrogen (secondary N) is 1. The van der Waals surface area contributed by atoms with Crippen LogP contribution in [0.15, 0.2) is 59.5 Å². The molecular weight excluding hydrogens is 465 g/mol. The minimum atomic E-state index is -4.34. The number of hydrogen-bond acceptors (Lipinski definition) is 3. The number of rotatable bonds is 4. The molecule has 0 bridgehead atoms. The molecule has 1 heterocycles. The summed E-state index contributed by atoms with van der Waals surface area (Å²) in [4.78, 5) is 11.9. The van der Waals surface area contributed by atoms with Crippen LogP contribution in [-0.2, 0) is 16.4 Å². The van der Waals surface area contributed by atoms with Crippen LogP contribution in [0.3, 0.4) is 0 Å². The van der Waals surface area contributed by atoms with E-state index in [1.165, 1.54) is 18.2 Å². The molecule has 0 unspecified atom stereocenters. The van der Waals surface area contributed by atoms with Crippen molar-refractivity contribution in [1.29, 1.82) is 0 Å². The first-order chi connectivity index (χ1) is 15.2. The van der Waals surface area contributed by atoms with Crippen LogP contribution in [0.4, 0.5) is 24.5 Å². The molecule has 0 atom stereocenters. The van der Waals surface area contributed by atoms with Gasteiger partial charge in [-0.05, 0) is 54.8 Å². The van der Waals surface area contributed by atoms with Gasteiger partial charge < -0.3 is 5.32 Å². The zero-order chi connectivity index (χ0) is 23.0. The van der Waals surface area contributed by atoms with Crippen LogP contribution in [0.1, 0.15) is 22.3 Å². The largest absolute Gasteiger partial charge is 0.322 e. The molecule has 10 heteroatoms. The average Bonchev–Trinajstić information content (AvgIpc) is 2.72. The van der Waals surface area contributed by atoms with E-state index in [0.29, 0.717) is 24.5 Å². The second-order valence-corrected chi connectivity index (χ2v) is 9.39. The van der Waals surface area contributed by atoms with Gasteiger partial charge in [0.05, 0.1) is 16.3 Å². The van der Waals surface area contributed by atoms with Crippen LogP contribution in [-0.4, -0.2) is 20.9 Å². The minimum absolute atomic E-state index is 0.0721. The first kappa shape index (κ1) is 22.2. The summed E-state index contributed by atoms with van der Waals surface area (Å²) in [6.07, 6.45) is 1.06. The van der Waals surface area contributed by atoms with Crippen molar-refractivity contribution in [1.82, 2.24) is 0 Å². The van der Waals surface area contributed by atoms with Crippen molar-refractivity contribution in [3.8, 4) is 0 Å². The lowest BCUT2D eigenvalue weighted by atomic mass is 10.0. The van der Waals surface area contributed by atoms with Gasteiger partial charge in [-0.1, -0.05) is 23.7 Å². The molecule has 0 aromatic heterocycles.